The van der Waals surface area contributed by atoms with E-state index in [1.54, 1.807) is 38.3 Å². The van der Waals surface area contributed by atoms with Crippen molar-refractivity contribution in [3.05, 3.63) is 75.8 Å². The lowest BCUT2D eigenvalue weighted by atomic mass is 9.73. The molecule has 2 aromatic carbocycles. The first-order valence-electron chi connectivity index (χ1n) is 9.24. The lowest BCUT2D eigenvalue weighted by molar-refractivity contribution is -0.384. The quantitative estimate of drug-likeness (QED) is 0.318. The number of esters is 1. The summed E-state index contributed by atoms with van der Waals surface area (Å²) in [5, 5.41) is 10.9. The highest BCUT2D eigenvalue weighted by Gasteiger charge is 2.39. The molecule has 7 heteroatoms. The Hall–Kier alpha value is -3.48. The molecule has 0 N–H and O–H groups in total. The first-order valence-corrected chi connectivity index (χ1v) is 9.24. The highest BCUT2D eigenvalue weighted by Crippen LogP contribution is 2.41. The Kier molecular flexibility index (Phi) is 6.07. The normalized spacial score (nSPS) is 18.7. The molecule has 0 radical (unpaired) electrons. The maximum Gasteiger partial charge on any atom is 0.317 e. The Bertz CT molecular complexity index is 946. The van der Waals surface area contributed by atoms with Crippen LogP contribution in [-0.4, -0.2) is 30.4 Å². The van der Waals surface area contributed by atoms with Gasteiger partial charge in [0.05, 0.1) is 18.6 Å². The fraction of sp³-hybridized carbons (Fsp3) is 0.273. The zero-order chi connectivity index (χ0) is 21.0. The molecule has 3 rings (SSSR count). The summed E-state index contributed by atoms with van der Waals surface area (Å²) in [6, 6.07) is 13.3. The molecule has 1 aliphatic carbocycles. The molecule has 2 aromatic rings. The summed E-state index contributed by atoms with van der Waals surface area (Å²) in [7, 11) is 1.58. The summed E-state index contributed by atoms with van der Waals surface area (Å²) in [5.41, 5.74) is 2.28. The van der Waals surface area contributed by atoms with Gasteiger partial charge in [-0.3, -0.25) is 19.7 Å². The average molecular weight is 395 g/mol. The van der Waals surface area contributed by atoms with Gasteiger partial charge in [-0.05, 0) is 48.3 Å². The van der Waals surface area contributed by atoms with Crippen LogP contribution in [0.3, 0.4) is 0 Å². The zero-order valence-corrected chi connectivity index (χ0v) is 16.2. The number of hydrogen-bond acceptors (Lipinski definition) is 6. The van der Waals surface area contributed by atoms with E-state index in [9.17, 15) is 19.7 Å². The summed E-state index contributed by atoms with van der Waals surface area (Å²) in [6.45, 7) is 1.86. The van der Waals surface area contributed by atoms with Crippen molar-refractivity contribution in [3.8, 4) is 5.75 Å². The molecule has 0 heterocycles. The van der Waals surface area contributed by atoms with E-state index in [0.29, 0.717) is 17.7 Å². The smallest absolute Gasteiger partial charge is 0.317 e. The third-order valence-electron chi connectivity index (χ3n) is 5.00. The Morgan fingerprint density at radius 3 is 2.34 bits per heavy atom. The van der Waals surface area contributed by atoms with E-state index in [2.05, 4.69) is 0 Å². The molecular weight excluding hydrogens is 374 g/mol. The number of carbonyl (C=O) groups is 2. The number of rotatable bonds is 6. The summed E-state index contributed by atoms with van der Waals surface area (Å²) in [5.74, 6) is -1.65. The minimum Gasteiger partial charge on any atom is -0.497 e. The lowest BCUT2D eigenvalue weighted by Gasteiger charge is -2.29. The van der Waals surface area contributed by atoms with Crippen molar-refractivity contribution in [1.82, 2.24) is 0 Å². The molecule has 0 spiro atoms. The average Bonchev–Trinajstić information content (AvgIpc) is 2.73. The summed E-state index contributed by atoms with van der Waals surface area (Å²) in [4.78, 5) is 35.8. The maximum atomic E-state index is 12.9. The van der Waals surface area contributed by atoms with Crippen LogP contribution in [0, 0.1) is 16.0 Å². The number of nitro groups is 1. The van der Waals surface area contributed by atoms with Gasteiger partial charge < -0.3 is 9.47 Å². The molecule has 0 amide bonds. The Balaban J connectivity index is 1.99. The topological polar surface area (TPSA) is 95.7 Å². The summed E-state index contributed by atoms with van der Waals surface area (Å²) >= 11 is 0. The van der Waals surface area contributed by atoms with E-state index in [1.807, 2.05) is 12.1 Å². The second kappa shape index (κ2) is 8.68. The first-order chi connectivity index (χ1) is 13.9. The van der Waals surface area contributed by atoms with Crippen molar-refractivity contribution in [2.24, 2.45) is 5.92 Å². The number of ketones is 1. The van der Waals surface area contributed by atoms with Gasteiger partial charge in [-0.15, -0.1) is 0 Å². The Morgan fingerprint density at radius 1 is 1.14 bits per heavy atom. The van der Waals surface area contributed by atoms with Crippen LogP contribution in [0.4, 0.5) is 5.69 Å². The van der Waals surface area contributed by atoms with Gasteiger partial charge in [0.25, 0.3) is 5.69 Å². The number of methoxy groups -OCH3 is 1. The third-order valence-corrected chi connectivity index (χ3v) is 5.00. The van der Waals surface area contributed by atoms with Crippen molar-refractivity contribution in [2.45, 2.75) is 19.3 Å². The van der Waals surface area contributed by atoms with Crippen molar-refractivity contribution in [1.29, 1.82) is 0 Å². The van der Waals surface area contributed by atoms with Crippen LogP contribution >= 0.6 is 0 Å². The number of allylic oxidation sites excluding steroid dienone is 2. The number of nitro benzene ring substituents is 1. The molecule has 2 unspecified atom stereocenters. The van der Waals surface area contributed by atoms with E-state index >= 15 is 0 Å². The molecule has 0 aromatic heterocycles. The predicted molar refractivity (Wildman–Crippen MR) is 107 cm³/mol. The van der Waals surface area contributed by atoms with Gasteiger partial charge >= 0.3 is 5.97 Å². The van der Waals surface area contributed by atoms with Crippen molar-refractivity contribution in [2.75, 3.05) is 13.7 Å². The van der Waals surface area contributed by atoms with Gasteiger partial charge in [-0.1, -0.05) is 24.3 Å². The van der Waals surface area contributed by atoms with Gasteiger partial charge in [0.1, 0.15) is 11.7 Å². The van der Waals surface area contributed by atoms with Gasteiger partial charge in [0, 0.05) is 18.1 Å². The Morgan fingerprint density at radius 2 is 1.79 bits per heavy atom. The molecule has 7 nitrogen and oxygen atoms in total. The number of carbonyl (C=O) groups excluding carboxylic acids is 2. The number of benzene rings is 2. The molecule has 29 heavy (non-hydrogen) atoms. The molecule has 1 aliphatic rings. The summed E-state index contributed by atoms with van der Waals surface area (Å²) < 4.78 is 10.3. The number of non-ortho nitro benzene ring substituents is 1. The van der Waals surface area contributed by atoms with Gasteiger partial charge in [0.2, 0.25) is 0 Å². The standard InChI is InChI=1S/C22H21NO6/c1-3-29-22(25)21-19(15-4-8-17(9-5-15)23(26)27)12-16(13-20(21)24)14-6-10-18(28-2)11-7-14/h4-11,13,19,21H,3,12H2,1-2H3. The third kappa shape index (κ3) is 4.34. The highest BCUT2D eigenvalue weighted by atomic mass is 16.6. The van der Waals surface area contributed by atoms with Crippen LogP contribution in [-0.2, 0) is 14.3 Å². The second-order valence-corrected chi connectivity index (χ2v) is 6.69. The molecule has 0 fully saturated rings. The molecule has 0 saturated heterocycles. The molecule has 150 valence electrons. The minimum atomic E-state index is -0.974. The van der Waals surface area contributed by atoms with Crippen molar-refractivity contribution >= 4 is 23.0 Å². The van der Waals surface area contributed by atoms with E-state index in [0.717, 1.165) is 11.1 Å². The van der Waals surface area contributed by atoms with E-state index in [1.165, 1.54) is 18.2 Å². The largest absolute Gasteiger partial charge is 0.497 e. The van der Waals surface area contributed by atoms with E-state index < -0.39 is 22.7 Å². The number of hydrogen-bond donors (Lipinski definition) is 0. The van der Waals surface area contributed by atoms with Crippen LogP contribution in [0.25, 0.3) is 5.57 Å². The predicted octanol–water partition coefficient (Wildman–Crippen LogP) is 3.92. The number of ether oxygens (including phenoxy) is 2. The summed E-state index contributed by atoms with van der Waals surface area (Å²) in [6.07, 6.45) is 1.92. The fourth-order valence-corrected chi connectivity index (χ4v) is 3.55. The highest BCUT2D eigenvalue weighted by molar-refractivity contribution is 6.10. The van der Waals surface area contributed by atoms with Crippen LogP contribution < -0.4 is 4.74 Å². The van der Waals surface area contributed by atoms with Crippen molar-refractivity contribution < 1.29 is 24.0 Å². The zero-order valence-electron chi connectivity index (χ0n) is 16.2. The van der Waals surface area contributed by atoms with Crippen LogP contribution in [0.5, 0.6) is 5.75 Å². The van der Waals surface area contributed by atoms with Crippen LogP contribution in [0.1, 0.15) is 30.4 Å². The first kappa shape index (κ1) is 20.3. The van der Waals surface area contributed by atoms with Gasteiger partial charge in [0.15, 0.2) is 5.78 Å². The van der Waals surface area contributed by atoms with Crippen molar-refractivity contribution in [3.63, 3.8) is 0 Å². The molecule has 0 saturated carbocycles. The van der Waals surface area contributed by atoms with Gasteiger partial charge in [-0.2, -0.15) is 0 Å². The maximum absolute atomic E-state index is 12.9. The molecule has 2 atom stereocenters. The van der Waals surface area contributed by atoms with E-state index in [-0.39, 0.29) is 18.1 Å². The second-order valence-electron chi connectivity index (χ2n) is 6.69. The monoisotopic (exact) mass is 395 g/mol. The molecule has 0 aliphatic heterocycles. The van der Waals surface area contributed by atoms with Crippen LogP contribution in [0.15, 0.2) is 54.6 Å². The molecular formula is C22H21NO6. The van der Waals surface area contributed by atoms with Gasteiger partial charge in [-0.25, -0.2) is 0 Å². The lowest BCUT2D eigenvalue weighted by Crippen LogP contribution is -2.34. The fourth-order valence-electron chi connectivity index (χ4n) is 3.55. The SMILES string of the molecule is CCOC(=O)C1C(=O)C=C(c2ccc(OC)cc2)CC1c1ccc([N+](=O)[O-])cc1. The molecule has 0 bridgehead atoms. The Labute approximate surface area is 168 Å². The minimum absolute atomic E-state index is 0.0468. The number of nitrogens with zero attached hydrogens (tertiary/aromatic N) is 1. The van der Waals surface area contributed by atoms with E-state index in [4.69, 9.17) is 9.47 Å². The van der Waals surface area contributed by atoms with Crippen LogP contribution in [0.2, 0.25) is 0 Å².